The number of benzene rings is 3. The van der Waals surface area contributed by atoms with Crippen LogP contribution in [0.2, 0.25) is 5.02 Å². The Hall–Kier alpha value is -4.97. The molecule has 0 atom stereocenters. The minimum Gasteiger partial charge on any atom is -0.490 e. The van der Waals surface area contributed by atoms with Gasteiger partial charge in [0.25, 0.3) is 17.7 Å². The molecule has 13 heteroatoms. The maximum absolute atomic E-state index is 13.8. The Morgan fingerprint density at radius 3 is 2.40 bits per heavy atom. The van der Waals surface area contributed by atoms with E-state index in [4.69, 9.17) is 21.1 Å². The Balaban J connectivity index is 1.44. The maximum atomic E-state index is 13.8. The highest BCUT2D eigenvalue weighted by molar-refractivity contribution is 6.34. The van der Waals surface area contributed by atoms with Crippen LogP contribution in [0.25, 0.3) is 0 Å². The number of hydrazine groups is 1. The quantitative estimate of drug-likeness (QED) is 0.232. The minimum absolute atomic E-state index is 0.0102. The Morgan fingerprint density at radius 2 is 1.67 bits per heavy atom. The molecule has 0 unspecified atom stereocenters. The number of para-hydroxylation sites is 1. The second-order valence-corrected chi connectivity index (χ2v) is 9.49. The van der Waals surface area contributed by atoms with Crippen LogP contribution < -0.4 is 20.5 Å². The Morgan fingerprint density at radius 1 is 0.929 bits per heavy atom. The number of halogens is 2. The summed E-state index contributed by atoms with van der Waals surface area (Å²) in [6.07, 6.45) is 0. The number of carbonyl (C=O) groups excluding carboxylic acids is 5. The molecule has 1 aliphatic rings. The highest BCUT2D eigenvalue weighted by atomic mass is 35.5. The van der Waals surface area contributed by atoms with Gasteiger partial charge < -0.3 is 14.4 Å². The van der Waals surface area contributed by atoms with E-state index in [1.165, 1.54) is 53.1 Å². The lowest BCUT2D eigenvalue weighted by Gasteiger charge is -2.23. The molecule has 3 aromatic carbocycles. The van der Waals surface area contributed by atoms with Crippen LogP contribution >= 0.6 is 11.6 Å². The van der Waals surface area contributed by atoms with Crippen LogP contribution in [0.5, 0.6) is 5.75 Å². The zero-order valence-corrected chi connectivity index (χ0v) is 23.2. The van der Waals surface area contributed by atoms with Crippen LogP contribution in [0.4, 0.5) is 10.1 Å². The van der Waals surface area contributed by atoms with E-state index in [1.54, 1.807) is 24.3 Å². The lowest BCUT2D eigenvalue weighted by atomic mass is 10.1. The normalized spacial score (nSPS) is 12.6. The van der Waals surface area contributed by atoms with Crippen LogP contribution in [-0.2, 0) is 25.7 Å². The third-order valence-electron chi connectivity index (χ3n) is 6.13. The molecule has 4 amide bonds. The van der Waals surface area contributed by atoms with E-state index < -0.39 is 42.0 Å². The first-order chi connectivity index (χ1) is 20.1. The topological polar surface area (TPSA) is 134 Å². The summed E-state index contributed by atoms with van der Waals surface area (Å²) < 4.78 is 24.2. The summed E-state index contributed by atoms with van der Waals surface area (Å²) in [7, 11) is 0. The van der Waals surface area contributed by atoms with Crippen molar-refractivity contribution in [2.24, 2.45) is 0 Å². The zero-order valence-electron chi connectivity index (χ0n) is 22.4. The molecule has 2 N–H and O–H groups in total. The number of anilines is 1. The Kier molecular flexibility index (Phi) is 9.71. The number of carbonyl (C=O) groups is 5. The maximum Gasteiger partial charge on any atom is 0.302 e. The summed E-state index contributed by atoms with van der Waals surface area (Å²) in [6, 6.07) is 16.6. The number of rotatable bonds is 8. The number of hydrogen-bond donors (Lipinski definition) is 2. The smallest absolute Gasteiger partial charge is 0.302 e. The molecule has 0 fully saturated rings. The molecule has 0 radical (unpaired) electrons. The molecule has 4 rings (SSSR count). The summed E-state index contributed by atoms with van der Waals surface area (Å²) in [5.74, 6) is -3.49. The van der Waals surface area contributed by atoms with Gasteiger partial charge in [-0.15, -0.1) is 0 Å². The molecular formula is C29H26ClFN4O7. The van der Waals surface area contributed by atoms with Gasteiger partial charge in [-0.2, -0.15) is 0 Å². The highest BCUT2D eigenvalue weighted by Crippen LogP contribution is 2.30. The predicted octanol–water partition coefficient (Wildman–Crippen LogP) is 2.87. The molecule has 3 aromatic rings. The summed E-state index contributed by atoms with van der Waals surface area (Å²) in [6.45, 7) is 0.609. The van der Waals surface area contributed by atoms with E-state index in [0.29, 0.717) is 17.0 Å². The van der Waals surface area contributed by atoms with E-state index >= 15 is 0 Å². The number of ether oxygens (including phenoxy) is 2. The Labute approximate surface area is 245 Å². The fraction of sp³-hybridized carbons (Fsp3) is 0.207. The number of hydrogen-bond acceptors (Lipinski definition) is 7. The molecule has 0 bridgehead atoms. The van der Waals surface area contributed by atoms with E-state index in [9.17, 15) is 28.4 Å². The molecule has 1 aliphatic heterocycles. The highest BCUT2D eigenvalue weighted by Gasteiger charge is 2.31. The number of fused-ring (bicyclic) bond motifs is 1. The molecule has 0 saturated heterocycles. The van der Waals surface area contributed by atoms with E-state index in [2.05, 4.69) is 10.9 Å². The third kappa shape index (κ3) is 7.40. The molecular weight excluding hydrogens is 571 g/mol. The van der Waals surface area contributed by atoms with E-state index in [-0.39, 0.29) is 42.5 Å². The third-order valence-corrected chi connectivity index (χ3v) is 6.44. The first kappa shape index (κ1) is 30.0. The first-order valence-electron chi connectivity index (χ1n) is 12.7. The van der Waals surface area contributed by atoms with Crippen LogP contribution in [0.3, 0.4) is 0 Å². The van der Waals surface area contributed by atoms with Crippen molar-refractivity contribution in [1.82, 2.24) is 15.8 Å². The van der Waals surface area contributed by atoms with Gasteiger partial charge in [-0.1, -0.05) is 41.9 Å². The molecule has 0 aliphatic carbocycles. The number of esters is 1. The van der Waals surface area contributed by atoms with E-state index in [0.717, 1.165) is 6.07 Å². The van der Waals surface area contributed by atoms with Crippen LogP contribution in [0.15, 0.2) is 66.7 Å². The largest absolute Gasteiger partial charge is 0.490 e. The van der Waals surface area contributed by atoms with Crippen LogP contribution in [-0.4, -0.2) is 60.8 Å². The van der Waals surface area contributed by atoms with Crippen molar-refractivity contribution < 1.29 is 37.8 Å². The van der Waals surface area contributed by atoms with Crippen LogP contribution in [0.1, 0.15) is 33.2 Å². The van der Waals surface area contributed by atoms with Crippen LogP contribution in [0, 0.1) is 5.82 Å². The van der Waals surface area contributed by atoms with Crippen molar-refractivity contribution in [2.45, 2.75) is 13.5 Å². The summed E-state index contributed by atoms with van der Waals surface area (Å²) in [5.41, 5.74) is 5.24. The van der Waals surface area contributed by atoms with Gasteiger partial charge in [0, 0.05) is 19.2 Å². The molecule has 0 spiro atoms. The first-order valence-corrected chi connectivity index (χ1v) is 13.1. The monoisotopic (exact) mass is 596 g/mol. The summed E-state index contributed by atoms with van der Waals surface area (Å²) >= 11 is 6.40. The second-order valence-electron chi connectivity index (χ2n) is 9.08. The van der Waals surface area contributed by atoms with Gasteiger partial charge in [0.05, 0.1) is 16.1 Å². The van der Waals surface area contributed by atoms with Crippen molar-refractivity contribution in [3.05, 3.63) is 94.3 Å². The fourth-order valence-corrected chi connectivity index (χ4v) is 4.40. The summed E-state index contributed by atoms with van der Waals surface area (Å²) in [5, 5.41) is 0.0843. The standard InChI is InChI=1S/C29H26ClFN4O7/c1-18(36)41-12-13-42-20-10-11-21(23(30)14-20)29(40)35-17-27(38)34(15-19-6-2-5-9-25(19)35)16-26(37)32-33-28(39)22-7-3-4-8-24(22)31/h2-11,14H,12-13,15-17H2,1H3,(H,32,37)(H,33,39). The van der Waals surface area contributed by atoms with Crippen molar-refractivity contribution in [2.75, 3.05) is 31.2 Å². The van der Waals surface area contributed by atoms with Gasteiger partial charge in [0.15, 0.2) is 0 Å². The van der Waals surface area contributed by atoms with Crippen molar-refractivity contribution >= 4 is 46.9 Å². The summed E-state index contributed by atoms with van der Waals surface area (Å²) in [4.78, 5) is 65.0. The lowest BCUT2D eigenvalue weighted by molar-refractivity contribution is -0.141. The second kappa shape index (κ2) is 13.6. The van der Waals surface area contributed by atoms with Gasteiger partial charge in [0.2, 0.25) is 5.91 Å². The zero-order chi connectivity index (χ0) is 30.2. The van der Waals surface area contributed by atoms with E-state index in [1.807, 2.05) is 0 Å². The number of nitrogens with zero attached hydrogens (tertiary/aromatic N) is 2. The minimum atomic E-state index is -0.858. The fourth-order valence-electron chi connectivity index (χ4n) is 4.15. The number of nitrogens with one attached hydrogen (secondary N) is 2. The predicted molar refractivity (Wildman–Crippen MR) is 149 cm³/mol. The SMILES string of the molecule is CC(=O)OCCOc1ccc(C(=O)N2CC(=O)N(CC(=O)NNC(=O)c3ccccc3F)Cc3ccccc32)c(Cl)c1. The van der Waals surface area contributed by atoms with Gasteiger partial charge in [-0.25, -0.2) is 4.39 Å². The van der Waals surface area contributed by atoms with Crippen molar-refractivity contribution in [3.8, 4) is 5.75 Å². The van der Waals surface area contributed by atoms with Crippen molar-refractivity contribution in [1.29, 1.82) is 0 Å². The average Bonchev–Trinajstić information content (AvgIpc) is 3.10. The molecule has 1 heterocycles. The molecule has 0 aromatic heterocycles. The van der Waals surface area contributed by atoms with Crippen molar-refractivity contribution in [3.63, 3.8) is 0 Å². The molecule has 11 nitrogen and oxygen atoms in total. The molecule has 0 saturated carbocycles. The van der Waals surface area contributed by atoms with Gasteiger partial charge in [-0.05, 0) is 42.0 Å². The Bertz CT molecular complexity index is 1530. The van der Waals surface area contributed by atoms with Gasteiger partial charge in [0.1, 0.15) is 37.9 Å². The molecule has 218 valence electrons. The van der Waals surface area contributed by atoms with Gasteiger partial charge in [-0.3, -0.25) is 39.7 Å². The van der Waals surface area contributed by atoms with Gasteiger partial charge >= 0.3 is 5.97 Å². The number of amides is 4. The average molecular weight is 597 g/mol. The molecule has 42 heavy (non-hydrogen) atoms. The lowest BCUT2D eigenvalue weighted by Crippen LogP contribution is -2.48.